The largest absolute Gasteiger partial charge is 0.363 e. The van der Waals surface area contributed by atoms with Gasteiger partial charge in [0.25, 0.3) is 5.91 Å². The number of nitrogens with one attached hydrogen (secondary N) is 1. The van der Waals surface area contributed by atoms with Gasteiger partial charge in [-0.25, -0.2) is 9.97 Å². The predicted octanol–water partition coefficient (Wildman–Crippen LogP) is 1.75. The molecule has 1 saturated heterocycles. The number of aromatic nitrogens is 2. The molecule has 6 nitrogen and oxygen atoms in total. The fourth-order valence-electron chi connectivity index (χ4n) is 4.36. The molecular formula is C21H24N4O2. The van der Waals surface area contributed by atoms with Crippen LogP contribution in [0.5, 0.6) is 0 Å². The molecule has 3 aliphatic heterocycles. The number of rotatable bonds is 2. The van der Waals surface area contributed by atoms with Crippen molar-refractivity contribution in [1.29, 1.82) is 0 Å². The molecule has 0 radical (unpaired) electrons. The van der Waals surface area contributed by atoms with Crippen molar-refractivity contribution in [2.45, 2.75) is 37.8 Å². The van der Waals surface area contributed by atoms with Crippen LogP contribution in [-0.2, 0) is 28.9 Å². The van der Waals surface area contributed by atoms with Gasteiger partial charge in [0.2, 0.25) is 0 Å². The van der Waals surface area contributed by atoms with E-state index in [-0.39, 0.29) is 5.91 Å². The van der Waals surface area contributed by atoms with Crippen molar-refractivity contribution in [2.75, 3.05) is 26.2 Å². The molecule has 3 aliphatic rings. The quantitative estimate of drug-likeness (QED) is 0.879. The Morgan fingerprint density at radius 1 is 1.22 bits per heavy atom. The molecule has 1 N–H and O–H groups in total. The third-order valence-electron chi connectivity index (χ3n) is 5.91. The first-order valence-electron chi connectivity index (χ1n) is 9.83. The molecule has 27 heavy (non-hydrogen) atoms. The second-order valence-corrected chi connectivity index (χ2v) is 7.60. The van der Waals surface area contributed by atoms with E-state index < -0.39 is 6.10 Å². The Morgan fingerprint density at radius 2 is 2.15 bits per heavy atom. The van der Waals surface area contributed by atoms with Crippen LogP contribution in [0.1, 0.15) is 46.7 Å². The smallest absolute Gasteiger partial charge is 0.256 e. The van der Waals surface area contributed by atoms with Gasteiger partial charge in [-0.15, -0.1) is 0 Å². The summed E-state index contributed by atoms with van der Waals surface area (Å²) in [5.41, 5.74) is 4.40. The van der Waals surface area contributed by atoms with E-state index in [1.54, 1.807) is 0 Å². The third-order valence-corrected chi connectivity index (χ3v) is 5.91. The number of benzene rings is 1. The van der Waals surface area contributed by atoms with E-state index in [9.17, 15) is 4.79 Å². The second-order valence-electron chi connectivity index (χ2n) is 7.60. The number of carbonyl (C=O) groups excluding carboxylic acids is 1. The molecule has 0 spiro atoms. The van der Waals surface area contributed by atoms with E-state index in [1.165, 1.54) is 5.56 Å². The summed E-state index contributed by atoms with van der Waals surface area (Å²) in [5, 5.41) is 3.37. The van der Waals surface area contributed by atoms with Gasteiger partial charge in [-0.05, 0) is 30.5 Å². The Labute approximate surface area is 159 Å². The molecule has 0 aliphatic carbocycles. The van der Waals surface area contributed by atoms with Gasteiger partial charge >= 0.3 is 0 Å². The summed E-state index contributed by atoms with van der Waals surface area (Å²) in [7, 11) is 0. The maximum atomic E-state index is 13.2. The molecule has 4 heterocycles. The lowest BCUT2D eigenvalue weighted by Crippen LogP contribution is -2.41. The van der Waals surface area contributed by atoms with Crippen LogP contribution in [0.2, 0.25) is 0 Å². The summed E-state index contributed by atoms with van der Waals surface area (Å²) in [5.74, 6) is 1.42. The number of amides is 1. The standard InChI is InChI=1S/C21H24N4O2/c26-21(19-17-4-2-1-3-14(17)7-10-27-19)25-9-6-18-16(13-25)12-23-20(24-18)15-5-8-22-11-15/h1-4,12,15,19,22H,5-11,13H2. The molecule has 5 rings (SSSR count). The van der Waals surface area contributed by atoms with Gasteiger partial charge in [-0.1, -0.05) is 24.3 Å². The van der Waals surface area contributed by atoms with Crippen molar-refractivity contribution in [3.05, 3.63) is 58.7 Å². The predicted molar refractivity (Wildman–Crippen MR) is 100 cm³/mol. The summed E-state index contributed by atoms with van der Waals surface area (Å²) < 4.78 is 5.86. The van der Waals surface area contributed by atoms with Crippen LogP contribution in [0, 0.1) is 0 Å². The fraction of sp³-hybridized carbons (Fsp3) is 0.476. The lowest BCUT2D eigenvalue weighted by Gasteiger charge is -2.33. The SMILES string of the molecule is O=C(C1OCCc2ccccc21)N1CCc2nc(C3CCNC3)ncc2C1. The average Bonchev–Trinajstić information content (AvgIpc) is 3.27. The Hall–Kier alpha value is -2.31. The van der Waals surface area contributed by atoms with Gasteiger partial charge in [0.05, 0.1) is 12.3 Å². The van der Waals surface area contributed by atoms with Crippen molar-refractivity contribution < 1.29 is 9.53 Å². The zero-order chi connectivity index (χ0) is 18.2. The summed E-state index contributed by atoms with van der Waals surface area (Å²) in [6.45, 7) is 3.85. The molecule has 140 valence electrons. The minimum absolute atomic E-state index is 0.0527. The number of ether oxygens (including phenoxy) is 1. The topological polar surface area (TPSA) is 67.3 Å². The van der Waals surface area contributed by atoms with Crippen LogP contribution >= 0.6 is 0 Å². The van der Waals surface area contributed by atoms with E-state index in [0.29, 0.717) is 25.6 Å². The first-order valence-corrected chi connectivity index (χ1v) is 9.83. The summed E-state index contributed by atoms with van der Waals surface area (Å²) in [4.78, 5) is 24.5. The number of nitrogens with zero attached hydrogens (tertiary/aromatic N) is 3. The Morgan fingerprint density at radius 3 is 3.04 bits per heavy atom. The van der Waals surface area contributed by atoms with Crippen LogP contribution in [-0.4, -0.2) is 47.0 Å². The maximum absolute atomic E-state index is 13.2. The summed E-state index contributed by atoms with van der Waals surface area (Å²) in [6.07, 6.45) is 4.19. The van der Waals surface area contributed by atoms with Crippen molar-refractivity contribution in [3.63, 3.8) is 0 Å². The van der Waals surface area contributed by atoms with Crippen LogP contribution < -0.4 is 5.32 Å². The van der Waals surface area contributed by atoms with Crippen LogP contribution in [0.4, 0.5) is 0 Å². The Balaban J connectivity index is 1.34. The van der Waals surface area contributed by atoms with Crippen molar-refractivity contribution in [2.24, 2.45) is 0 Å². The molecule has 1 amide bonds. The molecule has 6 heteroatoms. The Kier molecular flexibility index (Phi) is 4.38. The van der Waals surface area contributed by atoms with Crippen LogP contribution in [0.3, 0.4) is 0 Å². The molecule has 2 atom stereocenters. The molecule has 1 aromatic carbocycles. The first-order chi connectivity index (χ1) is 13.3. The number of fused-ring (bicyclic) bond motifs is 2. The highest BCUT2D eigenvalue weighted by Crippen LogP contribution is 2.30. The Bertz CT molecular complexity index is 863. The monoisotopic (exact) mass is 364 g/mol. The van der Waals surface area contributed by atoms with Crippen LogP contribution in [0.15, 0.2) is 30.5 Å². The third kappa shape index (κ3) is 3.13. The zero-order valence-electron chi connectivity index (χ0n) is 15.4. The van der Waals surface area contributed by atoms with E-state index in [1.807, 2.05) is 29.3 Å². The van der Waals surface area contributed by atoms with Gasteiger partial charge in [0.1, 0.15) is 5.82 Å². The van der Waals surface area contributed by atoms with E-state index in [0.717, 1.165) is 55.0 Å². The number of hydrogen-bond acceptors (Lipinski definition) is 5. The normalized spacial score (nSPS) is 24.4. The van der Waals surface area contributed by atoms with Gasteiger partial charge in [0.15, 0.2) is 6.10 Å². The number of carbonyl (C=O) groups is 1. The van der Waals surface area contributed by atoms with E-state index >= 15 is 0 Å². The molecule has 1 fully saturated rings. The van der Waals surface area contributed by atoms with Gasteiger partial charge in [-0.2, -0.15) is 0 Å². The van der Waals surface area contributed by atoms with Crippen molar-refractivity contribution >= 4 is 5.91 Å². The van der Waals surface area contributed by atoms with E-state index in [2.05, 4.69) is 16.4 Å². The van der Waals surface area contributed by atoms with Gasteiger partial charge in [0, 0.05) is 43.7 Å². The maximum Gasteiger partial charge on any atom is 0.256 e. The number of hydrogen-bond donors (Lipinski definition) is 1. The first kappa shape index (κ1) is 16.8. The van der Waals surface area contributed by atoms with Gasteiger partial charge < -0.3 is 15.0 Å². The second kappa shape index (κ2) is 7.02. The molecule has 1 aromatic heterocycles. The zero-order valence-corrected chi connectivity index (χ0v) is 15.4. The highest BCUT2D eigenvalue weighted by atomic mass is 16.5. The van der Waals surface area contributed by atoms with Crippen molar-refractivity contribution in [1.82, 2.24) is 20.2 Å². The summed E-state index contributed by atoms with van der Waals surface area (Å²) >= 11 is 0. The minimum atomic E-state index is -0.485. The molecule has 0 bridgehead atoms. The van der Waals surface area contributed by atoms with Crippen LogP contribution in [0.25, 0.3) is 0 Å². The fourth-order valence-corrected chi connectivity index (χ4v) is 4.36. The molecule has 2 aromatic rings. The minimum Gasteiger partial charge on any atom is -0.363 e. The highest BCUT2D eigenvalue weighted by Gasteiger charge is 2.33. The highest BCUT2D eigenvalue weighted by molar-refractivity contribution is 5.83. The lowest BCUT2D eigenvalue weighted by molar-refractivity contribution is -0.146. The molecule has 0 saturated carbocycles. The van der Waals surface area contributed by atoms with Crippen molar-refractivity contribution in [3.8, 4) is 0 Å². The average molecular weight is 364 g/mol. The van der Waals surface area contributed by atoms with Gasteiger partial charge in [-0.3, -0.25) is 4.79 Å². The van der Waals surface area contributed by atoms with E-state index in [4.69, 9.17) is 9.72 Å². The molecular weight excluding hydrogens is 340 g/mol. The lowest BCUT2D eigenvalue weighted by atomic mass is 9.96. The molecule has 2 unspecified atom stereocenters. The summed E-state index contributed by atoms with van der Waals surface area (Å²) in [6, 6.07) is 8.11.